The first-order valence-corrected chi connectivity index (χ1v) is 8.12. The van der Waals surface area contributed by atoms with Gasteiger partial charge in [0.05, 0.1) is 0 Å². The average Bonchev–Trinajstić information content (AvgIpc) is 2.90. The monoisotopic (exact) mass is 304 g/mol. The molecule has 0 aliphatic rings. The molecular weight excluding hydrogens is 284 g/mol. The van der Waals surface area contributed by atoms with Gasteiger partial charge in [0.1, 0.15) is 12.2 Å². The van der Waals surface area contributed by atoms with Crippen LogP contribution in [0, 0.1) is 0 Å². The van der Waals surface area contributed by atoms with Crippen molar-refractivity contribution in [1.29, 1.82) is 0 Å². The predicted molar refractivity (Wildman–Crippen MR) is 84.9 cm³/mol. The zero-order valence-corrected chi connectivity index (χ0v) is 13.0. The number of aryl methyl sites for hydroxylation is 1. The maximum atomic E-state index is 11.7. The lowest BCUT2D eigenvalue weighted by atomic mass is 10.2. The molecule has 21 heavy (non-hydrogen) atoms. The Kier molecular flexibility index (Phi) is 6.27. The van der Waals surface area contributed by atoms with Crippen LogP contribution in [-0.2, 0) is 24.0 Å². The van der Waals surface area contributed by atoms with E-state index in [1.54, 1.807) is 16.4 Å². The summed E-state index contributed by atoms with van der Waals surface area (Å²) in [5, 5.41) is 6.91. The van der Waals surface area contributed by atoms with E-state index in [1.807, 2.05) is 25.2 Å². The molecule has 6 heteroatoms. The Labute approximate surface area is 129 Å². The third-order valence-corrected chi connectivity index (χ3v) is 4.09. The highest BCUT2D eigenvalue weighted by Crippen LogP contribution is 2.12. The summed E-state index contributed by atoms with van der Waals surface area (Å²) >= 11 is 1.78. The quantitative estimate of drug-likeness (QED) is 0.756. The number of carbonyl (C=O) groups is 1. The van der Waals surface area contributed by atoms with Crippen molar-refractivity contribution in [1.82, 2.24) is 20.1 Å². The minimum atomic E-state index is 0.0951. The molecule has 0 saturated carbocycles. The molecule has 1 N–H and O–H groups in total. The molecule has 0 bridgehead atoms. The van der Waals surface area contributed by atoms with E-state index in [0.717, 1.165) is 17.3 Å². The Hall–Kier alpha value is -1.82. The summed E-state index contributed by atoms with van der Waals surface area (Å²) in [6.45, 7) is 0.606. The lowest BCUT2D eigenvalue weighted by Gasteiger charge is -2.05. The first-order chi connectivity index (χ1) is 10.3. The van der Waals surface area contributed by atoms with Gasteiger partial charge in [-0.15, -0.1) is 0 Å². The molecule has 0 aliphatic heterocycles. The SMILES string of the molecule is Cn1ncnc1CCNC(=O)CCSCc1ccccc1. The summed E-state index contributed by atoms with van der Waals surface area (Å²) in [7, 11) is 1.85. The lowest BCUT2D eigenvalue weighted by molar-refractivity contribution is -0.120. The second-order valence-electron chi connectivity index (χ2n) is 4.69. The molecule has 0 radical (unpaired) electrons. The molecular formula is C15H20N4OS. The van der Waals surface area contributed by atoms with Crippen LogP contribution in [0.15, 0.2) is 36.7 Å². The van der Waals surface area contributed by atoms with Gasteiger partial charge in [-0.3, -0.25) is 9.48 Å². The Morgan fingerprint density at radius 2 is 2.14 bits per heavy atom. The summed E-state index contributed by atoms with van der Waals surface area (Å²) in [6, 6.07) is 10.3. The zero-order chi connectivity index (χ0) is 14.9. The summed E-state index contributed by atoms with van der Waals surface area (Å²) < 4.78 is 1.72. The van der Waals surface area contributed by atoms with Gasteiger partial charge in [0, 0.05) is 37.9 Å². The van der Waals surface area contributed by atoms with E-state index < -0.39 is 0 Å². The number of nitrogens with zero attached hydrogens (tertiary/aromatic N) is 3. The van der Waals surface area contributed by atoms with Crippen molar-refractivity contribution in [2.24, 2.45) is 7.05 Å². The second-order valence-corrected chi connectivity index (χ2v) is 5.79. The van der Waals surface area contributed by atoms with Crippen LogP contribution in [0.3, 0.4) is 0 Å². The predicted octanol–water partition coefficient (Wildman–Crippen LogP) is 1.80. The number of amides is 1. The number of rotatable bonds is 8. The molecule has 2 aromatic rings. The van der Waals surface area contributed by atoms with E-state index in [9.17, 15) is 4.79 Å². The Bertz CT molecular complexity index is 556. The molecule has 0 atom stereocenters. The molecule has 0 spiro atoms. The average molecular weight is 304 g/mol. The Morgan fingerprint density at radius 1 is 1.33 bits per heavy atom. The fraction of sp³-hybridized carbons (Fsp3) is 0.400. The van der Waals surface area contributed by atoms with Crippen molar-refractivity contribution in [2.75, 3.05) is 12.3 Å². The first-order valence-electron chi connectivity index (χ1n) is 6.97. The minimum absolute atomic E-state index is 0.0951. The maximum absolute atomic E-state index is 11.7. The van der Waals surface area contributed by atoms with Crippen molar-refractivity contribution in [3.63, 3.8) is 0 Å². The highest BCUT2D eigenvalue weighted by Gasteiger charge is 2.03. The van der Waals surface area contributed by atoms with E-state index in [0.29, 0.717) is 19.4 Å². The van der Waals surface area contributed by atoms with Crippen LogP contribution in [-0.4, -0.2) is 33.0 Å². The van der Waals surface area contributed by atoms with Crippen LogP contribution in [0.25, 0.3) is 0 Å². The smallest absolute Gasteiger partial charge is 0.220 e. The third kappa shape index (κ3) is 5.59. The number of aromatic nitrogens is 3. The maximum Gasteiger partial charge on any atom is 0.220 e. The van der Waals surface area contributed by atoms with Crippen LogP contribution in [0.1, 0.15) is 17.8 Å². The molecule has 1 aromatic heterocycles. The fourth-order valence-electron chi connectivity index (χ4n) is 1.88. The molecule has 0 aliphatic carbocycles. The van der Waals surface area contributed by atoms with Crippen LogP contribution in [0.2, 0.25) is 0 Å². The Balaban J connectivity index is 1.55. The van der Waals surface area contributed by atoms with Crippen molar-refractivity contribution in [2.45, 2.75) is 18.6 Å². The van der Waals surface area contributed by atoms with Gasteiger partial charge >= 0.3 is 0 Å². The van der Waals surface area contributed by atoms with E-state index in [-0.39, 0.29) is 5.91 Å². The molecule has 1 amide bonds. The minimum Gasteiger partial charge on any atom is -0.356 e. The summed E-state index contributed by atoms with van der Waals surface area (Å²) in [4.78, 5) is 15.8. The van der Waals surface area contributed by atoms with Gasteiger partial charge in [-0.05, 0) is 5.56 Å². The van der Waals surface area contributed by atoms with Crippen molar-refractivity contribution < 1.29 is 4.79 Å². The van der Waals surface area contributed by atoms with Crippen molar-refractivity contribution in [3.8, 4) is 0 Å². The van der Waals surface area contributed by atoms with E-state index in [2.05, 4.69) is 27.5 Å². The van der Waals surface area contributed by atoms with Crippen molar-refractivity contribution in [3.05, 3.63) is 48.0 Å². The van der Waals surface area contributed by atoms with Gasteiger partial charge in [0.25, 0.3) is 0 Å². The van der Waals surface area contributed by atoms with E-state index in [1.165, 1.54) is 11.9 Å². The Morgan fingerprint density at radius 3 is 2.86 bits per heavy atom. The van der Waals surface area contributed by atoms with Crippen LogP contribution >= 0.6 is 11.8 Å². The van der Waals surface area contributed by atoms with E-state index in [4.69, 9.17) is 0 Å². The molecule has 2 rings (SSSR count). The van der Waals surface area contributed by atoms with Crippen LogP contribution in [0.5, 0.6) is 0 Å². The van der Waals surface area contributed by atoms with Gasteiger partial charge in [-0.2, -0.15) is 16.9 Å². The van der Waals surface area contributed by atoms with Crippen molar-refractivity contribution >= 4 is 17.7 Å². The highest BCUT2D eigenvalue weighted by atomic mass is 32.2. The third-order valence-electron chi connectivity index (χ3n) is 3.06. The number of hydrogen-bond donors (Lipinski definition) is 1. The van der Waals surface area contributed by atoms with E-state index >= 15 is 0 Å². The first kappa shape index (κ1) is 15.6. The molecule has 1 aromatic carbocycles. The number of nitrogens with one attached hydrogen (secondary N) is 1. The number of hydrogen-bond acceptors (Lipinski definition) is 4. The van der Waals surface area contributed by atoms with Gasteiger partial charge in [-0.25, -0.2) is 4.98 Å². The van der Waals surface area contributed by atoms with Gasteiger partial charge < -0.3 is 5.32 Å². The molecule has 1 heterocycles. The molecule has 0 saturated heterocycles. The van der Waals surface area contributed by atoms with Crippen LogP contribution in [0.4, 0.5) is 0 Å². The fourth-order valence-corrected chi connectivity index (χ4v) is 2.78. The lowest BCUT2D eigenvalue weighted by Crippen LogP contribution is -2.26. The highest BCUT2D eigenvalue weighted by molar-refractivity contribution is 7.98. The van der Waals surface area contributed by atoms with Crippen LogP contribution < -0.4 is 5.32 Å². The zero-order valence-electron chi connectivity index (χ0n) is 12.2. The number of benzene rings is 1. The molecule has 112 valence electrons. The standard InChI is InChI=1S/C15H20N4OS/c1-19-14(17-12-18-19)7-9-16-15(20)8-10-21-11-13-5-3-2-4-6-13/h2-6,12H,7-11H2,1H3,(H,16,20). The van der Waals surface area contributed by atoms with Gasteiger partial charge in [0.2, 0.25) is 5.91 Å². The molecule has 0 fully saturated rings. The normalized spacial score (nSPS) is 10.5. The number of thioether (sulfide) groups is 1. The summed E-state index contributed by atoms with van der Waals surface area (Å²) in [5.41, 5.74) is 1.30. The molecule has 0 unspecified atom stereocenters. The topological polar surface area (TPSA) is 59.8 Å². The molecule has 5 nitrogen and oxygen atoms in total. The summed E-state index contributed by atoms with van der Waals surface area (Å²) in [5.74, 6) is 2.77. The summed E-state index contributed by atoms with van der Waals surface area (Å²) in [6.07, 6.45) is 2.78. The second kappa shape index (κ2) is 8.46. The van der Waals surface area contributed by atoms with Gasteiger partial charge in [-0.1, -0.05) is 30.3 Å². The number of carbonyl (C=O) groups excluding carboxylic acids is 1. The largest absolute Gasteiger partial charge is 0.356 e. The van der Waals surface area contributed by atoms with Gasteiger partial charge in [0.15, 0.2) is 0 Å².